The van der Waals surface area contributed by atoms with Crippen LogP contribution in [0.4, 0.5) is 4.79 Å². The van der Waals surface area contributed by atoms with Crippen LogP contribution in [0.25, 0.3) is 0 Å². The summed E-state index contributed by atoms with van der Waals surface area (Å²) in [4.78, 5) is 61.3. The fourth-order valence-corrected chi connectivity index (χ4v) is 5.89. The van der Waals surface area contributed by atoms with Crippen molar-refractivity contribution >= 4 is 23.8 Å². The van der Waals surface area contributed by atoms with Crippen LogP contribution in [0.2, 0.25) is 0 Å². The summed E-state index contributed by atoms with van der Waals surface area (Å²) >= 11 is 0. The molecule has 2 saturated heterocycles. The summed E-state index contributed by atoms with van der Waals surface area (Å²) in [7, 11) is 0. The molecule has 3 unspecified atom stereocenters. The Morgan fingerprint density at radius 1 is 0.950 bits per heavy atom. The number of amides is 4. The maximum absolute atomic E-state index is 13.6. The van der Waals surface area contributed by atoms with Gasteiger partial charge in [0.15, 0.2) is 0 Å². The minimum atomic E-state index is -1.31. The van der Waals surface area contributed by atoms with Gasteiger partial charge in [-0.2, -0.15) is 0 Å². The lowest BCUT2D eigenvalue weighted by atomic mass is 10.1. The number of rotatable bonds is 17. The van der Waals surface area contributed by atoms with Crippen molar-refractivity contribution < 1.29 is 24.3 Å². The zero-order valence-electron chi connectivity index (χ0n) is 24.0. The number of carboxylic acid groups (broad SMARTS) is 1. The minimum Gasteiger partial charge on any atom is -0.465 e. The number of hydrogen-bond donors (Lipinski definition) is 4. The molecule has 40 heavy (non-hydrogen) atoms. The number of hydrogen-bond acceptors (Lipinski definition) is 5. The molecular weight excluding hydrogens is 512 g/mol. The van der Waals surface area contributed by atoms with E-state index in [0.29, 0.717) is 44.6 Å². The first-order valence-corrected chi connectivity index (χ1v) is 15.3. The third-order valence-corrected chi connectivity index (χ3v) is 8.06. The van der Waals surface area contributed by atoms with Crippen molar-refractivity contribution in [1.29, 1.82) is 0 Å². The van der Waals surface area contributed by atoms with E-state index in [1.807, 2.05) is 0 Å². The number of aromatic amines is 1. The quantitative estimate of drug-likeness (QED) is 0.214. The van der Waals surface area contributed by atoms with Gasteiger partial charge in [0.1, 0.15) is 18.1 Å². The Morgan fingerprint density at radius 2 is 1.57 bits per heavy atom. The van der Waals surface area contributed by atoms with Gasteiger partial charge in [-0.15, -0.1) is 0 Å². The summed E-state index contributed by atoms with van der Waals surface area (Å²) in [5.41, 5.74) is 0.618. The van der Waals surface area contributed by atoms with E-state index in [1.54, 1.807) is 11.1 Å². The Labute approximate surface area is 237 Å². The zero-order chi connectivity index (χ0) is 28.7. The molecule has 0 bridgehead atoms. The number of unbranched alkanes of at least 4 members (excludes halogenated alkanes) is 9. The van der Waals surface area contributed by atoms with E-state index < -0.39 is 30.1 Å². The average molecular weight is 561 g/mol. The smallest absolute Gasteiger partial charge is 0.405 e. The average Bonchev–Trinajstić information content (AvgIpc) is 3.72. The van der Waals surface area contributed by atoms with Crippen LogP contribution in [-0.4, -0.2) is 86.4 Å². The van der Waals surface area contributed by atoms with E-state index in [-0.39, 0.29) is 18.2 Å². The minimum absolute atomic E-state index is 0.107. The normalized spacial score (nSPS) is 19.5. The number of aromatic nitrogens is 2. The highest BCUT2D eigenvalue weighted by atomic mass is 16.4. The van der Waals surface area contributed by atoms with Gasteiger partial charge in [-0.05, 0) is 32.1 Å². The van der Waals surface area contributed by atoms with E-state index >= 15 is 0 Å². The molecule has 11 heteroatoms. The molecule has 0 spiro atoms. The Morgan fingerprint density at radius 3 is 2.20 bits per heavy atom. The SMILES string of the molecule is CCCCCCCCCCCCNC(=O)C1CCCN1C(=O)C1CCCN1C(=O)C(Cc1cnc[nH]1)NC(=O)O. The van der Waals surface area contributed by atoms with Gasteiger partial charge in [0.2, 0.25) is 17.7 Å². The van der Waals surface area contributed by atoms with Crippen LogP contribution in [0.1, 0.15) is 103 Å². The molecule has 2 aliphatic rings. The van der Waals surface area contributed by atoms with Crippen LogP contribution in [0.3, 0.4) is 0 Å². The van der Waals surface area contributed by atoms with Crippen LogP contribution < -0.4 is 10.6 Å². The first-order chi connectivity index (χ1) is 19.4. The molecule has 2 fully saturated rings. The van der Waals surface area contributed by atoms with Gasteiger partial charge < -0.3 is 30.5 Å². The van der Waals surface area contributed by atoms with Gasteiger partial charge in [-0.1, -0.05) is 64.7 Å². The fraction of sp³-hybridized carbons (Fsp3) is 0.759. The van der Waals surface area contributed by atoms with Crippen LogP contribution in [0, 0.1) is 0 Å². The van der Waals surface area contributed by atoms with Gasteiger partial charge in [0.05, 0.1) is 6.33 Å². The Hall–Kier alpha value is -3.11. The van der Waals surface area contributed by atoms with E-state index in [4.69, 9.17) is 0 Å². The third-order valence-electron chi connectivity index (χ3n) is 8.06. The van der Waals surface area contributed by atoms with Gasteiger partial charge in [-0.3, -0.25) is 14.4 Å². The summed E-state index contributed by atoms with van der Waals surface area (Å²) in [6, 6.07) is -2.25. The van der Waals surface area contributed by atoms with Crippen molar-refractivity contribution in [2.24, 2.45) is 0 Å². The first-order valence-electron chi connectivity index (χ1n) is 15.3. The molecule has 4 N–H and O–H groups in total. The van der Waals surface area contributed by atoms with Gasteiger partial charge in [0.25, 0.3) is 0 Å². The second-order valence-corrected chi connectivity index (χ2v) is 11.1. The lowest BCUT2D eigenvalue weighted by molar-refractivity contribution is -0.147. The number of carbonyl (C=O) groups is 4. The summed E-state index contributed by atoms with van der Waals surface area (Å²) in [5, 5.41) is 14.6. The molecule has 0 aromatic carbocycles. The summed E-state index contributed by atoms with van der Waals surface area (Å²) in [6.45, 7) is 3.70. The Bertz CT molecular complexity index is 939. The second-order valence-electron chi connectivity index (χ2n) is 11.1. The number of carbonyl (C=O) groups excluding carboxylic acids is 3. The molecule has 1 aromatic heterocycles. The molecule has 0 saturated carbocycles. The monoisotopic (exact) mass is 560 g/mol. The van der Waals surface area contributed by atoms with Crippen molar-refractivity contribution in [3.8, 4) is 0 Å². The molecular formula is C29H48N6O5. The predicted octanol–water partition coefficient (Wildman–Crippen LogP) is 3.61. The number of imidazole rings is 1. The van der Waals surface area contributed by atoms with Crippen molar-refractivity contribution in [3.05, 3.63) is 18.2 Å². The molecule has 0 radical (unpaired) electrons. The maximum atomic E-state index is 13.6. The molecule has 1 aromatic rings. The third kappa shape index (κ3) is 9.52. The van der Waals surface area contributed by atoms with E-state index in [1.165, 1.54) is 62.6 Å². The topological polar surface area (TPSA) is 148 Å². The zero-order valence-corrected chi connectivity index (χ0v) is 24.0. The van der Waals surface area contributed by atoms with Crippen LogP contribution in [0.15, 0.2) is 12.5 Å². The summed E-state index contributed by atoms with van der Waals surface area (Å²) in [5.74, 6) is -0.783. The number of nitrogens with one attached hydrogen (secondary N) is 3. The van der Waals surface area contributed by atoms with Gasteiger partial charge in [0, 0.05) is 37.9 Å². The number of nitrogens with zero attached hydrogens (tertiary/aromatic N) is 3. The highest BCUT2D eigenvalue weighted by molar-refractivity contribution is 5.94. The van der Waals surface area contributed by atoms with Crippen molar-refractivity contribution in [1.82, 2.24) is 30.4 Å². The number of H-pyrrole nitrogens is 1. The summed E-state index contributed by atoms with van der Waals surface area (Å²) in [6.07, 6.45) is 16.6. The molecule has 4 amide bonds. The molecule has 3 atom stereocenters. The molecule has 3 heterocycles. The maximum Gasteiger partial charge on any atom is 0.405 e. The molecule has 224 valence electrons. The molecule has 0 aliphatic carbocycles. The summed E-state index contributed by atoms with van der Waals surface area (Å²) < 4.78 is 0. The largest absolute Gasteiger partial charge is 0.465 e. The van der Waals surface area contributed by atoms with Crippen molar-refractivity contribution in [3.63, 3.8) is 0 Å². The van der Waals surface area contributed by atoms with E-state index in [0.717, 1.165) is 19.3 Å². The van der Waals surface area contributed by atoms with Crippen LogP contribution in [0.5, 0.6) is 0 Å². The first kappa shape index (κ1) is 31.4. The van der Waals surface area contributed by atoms with Crippen LogP contribution >= 0.6 is 0 Å². The highest BCUT2D eigenvalue weighted by Gasteiger charge is 2.43. The molecule has 2 aliphatic heterocycles. The van der Waals surface area contributed by atoms with E-state index in [2.05, 4.69) is 27.5 Å². The highest BCUT2D eigenvalue weighted by Crippen LogP contribution is 2.26. The fourth-order valence-electron chi connectivity index (χ4n) is 5.89. The second kappa shape index (κ2) is 16.9. The van der Waals surface area contributed by atoms with Gasteiger partial charge in [-0.25, -0.2) is 9.78 Å². The van der Waals surface area contributed by atoms with Crippen LogP contribution in [-0.2, 0) is 20.8 Å². The lowest BCUT2D eigenvalue weighted by Gasteiger charge is -2.32. The molecule has 11 nitrogen and oxygen atoms in total. The lowest BCUT2D eigenvalue weighted by Crippen LogP contribution is -2.56. The Kier molecular flexibility index (Phi) is 13.3. The van der Waals surface area contributed by atoms with Gasteiger partial charge >= 0.3 is 6.09 Å². The van der Waals surface area contributed by atoms with E-state index in [9.17, 15) is 24.3 Å². The van der Waals surface area contributed by atoms with Crippen molar-refractivity contribution in [2.45, 2.75) is 121 Å². The number of likely N-dealkylation sites (tertiary alicyclic amines) is 2. The predicted molar refractivity (Wildman–Crippen MR) is 152 cm³/mol. The Balaban J connectivity index is 1.45. The molecule has 3 rings (SSSR count). The standard InChI is InChI=1S/C29H48N6O5/c1-2-3-4-5-6-7-8-9-10-11-16-31-26(36)24-14-12-17-34(24)28(38)25-15-13-18-35(25)27(37)23(33-29(39)40)19-22-20-30-21-32-22/h20-21,23-25,33H,2-19H2,1H3,(H,30,32)(H,31,36)(H,39,40). The van der Waals surface area contributed by atoms with Crippen molar-refractivity contribution in [2.75, 3.05) is 19.6 Å².